The third-order valence-electron chi connectivity index (χ3n) is 3.28. The Morgan fingerprint density at radius 2 is 2.33 bits per heavy atom. The largest absolute Gasteiger partial charge is 0.250 e. The van der Waals surface area contributed by atoms with Crippen molar-refractivity contribution in [3.8, 4) is 6.07 Å². The molecule has 1 aromatic heterocycles. The van der Waals surface area contributed by atoms with Crippen LogP contribution in [0.25, 0.3) is 0 Å². The maximum absolute atomic E-state index is 14.0. The highest BCUT2D eigenvalue weighted by molar-refractivity contribution is 7.85. The zero-order valence-electron chi connectivity index (χ0n) is 10.7. The number of alkyl halides is 1. The molecule has 21 heavy (non-hydrogen) atoms. The molecular weight excluding hydrogens is 298 g/mol. The van der Waals surface area contributed by atoms with Crippen molar-refractivity contribution in [3.63, 3.8) is 0 Å². The van der Waals surface area contributed by atoms with Crippen LogP contribution < -0.4 is 0 Å². The second kappa shape index (κ2) is 5.33. The van der Waals surface area contributed by atoms with E-state index in [4.69, 9.17) is 5.26 Å². The summed E-state index contributed by atoms with van der Waals surface area (Å²) < 4.78 is 40.4. The number of nitrogens with zero attached hydrogens (tertiary/aromatic N) is 4. The molecule has 0 spiro atoms. The molecule has 0 N–H and O–H groups in total. The summed E-state index contributed by atoms with van der Waals surface area (Å²) in [6.45, 7) is 0. The van der Waals surface area contributed by atoms with Crippen LogP contribution in [0.5, 0.6) is 0 Å². The van der Waals surface area contributed by atoms with Crippen molar-refractivity contribution in [1.29, 1.82) is 5.26 Å². The first-order valence-electron chi connectivity index (χ1n) is 6.21. The van der Waals surface area contributed by atoms with E-state index in [-0.39, 0.29) is 23.2 Å². The minimum absolute atomic E-state index is 0.0599. The smallest absolute Gasteiger partial charge is 0.240 e. The van der Waals surface area contributed by atoms with Crippen LogP contribution in [0.3, 0.4) is 0 Å². The van der Waals surface area contributed by atoms with Crippen LogP contribution in [0.1, 0.15) is 30.0 Å². The number of rotatable bonds is 3. The summed E-state index contributed by atoms with van der Waals surface area (Å²) in [4.78, 5) is 3.92. The molecule has 0 saturated carbocycles. The molecule has 0 bridgehead atoms. The van der Waals surface area contributed by atoms with Gasteiger partial charge in [-0.25, -0.2) is 22.7 Å². The predicted molar refractivity (Wildman–Crippen MR) is 69.9 cm³/mol. The molecule has 2 aromatic rings. The summed E-state index contributed by atoms with van der Waals surface area (Å²) in [7, 11) is -1.68. The zero-order chi connectivity index (χ0) is 15.0. The van der Waals surface area contributed by atoms with E-state index < -0.39 is 28.8 Å². The van der Waals surface area contributed by atoms with Gasteiger partial charge in [-0.05, 0) is 17.7 Å². The van der Waals surface area contributed by atoms with Crippen LogP contribution in [-0.2, 0) is 10.8 Å². The van der Waals surface area contributed by atoms with E-state index in [1.807, 2.05) is 0 Å². The van der Waals surface area contributed by atoms with Crippen LogP contribution in [0.4, 0.5) is 8.78 Å². The fraction of sp³-hybridized carbons (Fsp3) is 0.308. The molecule has 1 aromatic carbocycles. The monoisotopic (exact) mass is 308 g/mol. The lowest BCUT2D eigenvalue weighted by Crippen LogP contribution is -2.09. The molecular formula is C13H10F2N4OS. The van der Waals surface area contributed by atoms with Crippen molar-refractivity contribution in [2.24, 2.45) is 0 Å². The van der Waals surface area contributed by atoms with Crippen molar-refractivity contribution in [2.45, 2.75) is 23.8 Å². The molecule has 1 unspecified atom stereocenters. The molecule has 0 saturated heterocycles. The number of fused-ring (bicyclic) bond motifs is 1. The number of benzene rings is 1. The van der Waals surface area contributed by atoms with Gasteiger partial charge < -0.3 is 0 Å². The molecule has 3 atom stereocenters. The van der Waals surface area contributed by atoms with Crippen molar-refractivity contribution in [2.75, 3.05) is 5.75 Å². The lowest BCUT2D eigenvalue weighted by molar-refractivity contribution is 0.326. The van der Waals surface area contributed by atoms with Gasteiger partial charge >= 0.3 is 0 Å². The first-order valence-corrected chi connectivity index (χ1v) is 7.53. The van der Waals surface area contributed by atoms with Crippen LogP contribution in [0.2, 0.25) is 0 Å². The molecule has 1 aliphatic heterocycles. The van der Waals surface area contributed by atoms with Gasteiger partial charge in [0.2, 0.25) is 5.16 Å². The van der Waals surface area contributed by atoms with Gasteiger partial charge in [0.25, 0.3) is 0 Å². The Morgan fingerprint density at radius 1 is 1.52 bits per heavy atom. The first kappa shape index (κ1) is 13.8. The Kier molecular flexibility index (Phi) is 3.51. The standard InChI is InChI=1S/C13H10F2N4OS/c14-9-3-1-2-8(6-9)11-7-10(15)12-17-13(18-19(11)12)21(20)5-4-16/h1-3,6,10-11H,5,7H2/t10-,11-,21?/m0/s1. The molecule has 0 amide bonds. The van der Waals surface area contributed by atoms with E-state index in [1.54, 1.807) is 18.2 Å². The fourth-order valence-corrected chi connectivity index (χ4v) is 2.99. The van der Waals surface area contributed by atoms with Gasteiger partial charge in [-0.2, -0.15) is 5.26 Å². The van der Waals surface area contributed by atoms with Gasteiger partial charge in [-0.1, -0.05) is 12.1 Å². The molecule has 0 radical (unpaired) electrons. The maximum Gasteiger partial charge on any atom is 0.240 e. The van der Waals surface area contributed by atoms with E-state index in [2.05, 4.69) is 10.1 Å². The SMILES string of the molecule is N#CCS(=O)c1nc2n(n1)[C@H](c1cccc(F)c1)C[C@@H]2F. The Balaban J connectivity index is 1.99. The van der Waals surface area contributed by atoms with Gasteiger partial charge in [0, 0.05) is 6.42 Å². The summed E-state index contributed by atoms with van der Waals surface area (Å²) in [5.41, 5.74) is 0.582. The summed E-state index contributed by atoms with van der Waals surface area (Å²) in [6, 6.07) is 7.13. The van der Waals surface area contributed by atoms with Crippen LogP contribution in [-0.4, -0.2) is 24.7 Å². The quantitative estimate of drug-likeness (QED) is 0.870. The van der Waals surface area contributed by atoms with Crippen LogP contribution in [0, 0.1) is 17.1 Å². The lowest BCUT2D eigenvalue weighted by atomic mass is 10.0. The molecule has 5 nitrogen and oxygen atoms in total. The Bertz CT molecular complexity index is 755. The van der Waals surface area contributed by atoms with Crippen LogP contribution in [0.15, 0.2) is 29.4 Å². The molecule has 0 aliphatic carbocycles. The Labute approximate surface area is 121 Å². The number of nitriles is 1. The molecule has 2 heterocycles. The van der Waals surface area contributed by atoms with Crippen molar-refractivity contribution < 1.29 is 13.0 Å². The van der Waals surface area contributed by atoms with Crippen molar-refractivity contribution in [1.82, 2.24) is 14.8 Å². The predicted octanol–water partition coefficient (Wildman–Crippen LogP) is 2.05. The van der Waals surface area contributed by atoms with Gasteiger partial charge in [0.05, 0.1) is 12.1 Å². The first-order chi connectivity index (χ1) is 10.1. The second-order valence-electron chi connectivity index (χ2n) is 4.62. The average Bonchev–Trinajstić information content (AvgIpc) is 3.00. The van der Waals surface area contributed by atoms with Gasteiger partial charge in [0.15, 0.2) is 12.0 Å². The number of hydrogen-bond donors (Lipinski definition) is 0. The summed E-state index contributed by atoms with van der Waals surface area (Å²) >= 11 is 0. The van der Waals surface area contributed by atoms with Crippen molar-refractivity contribution in [3.05, 3.63) is 41.5 Å². The van der Waals surface area contributed by atoms with Gasteiger partial charge in [0.1, 0.15) is 22.4 Å². The highest BCUT2D eigenvalue weighted by Crippen LogP contribution is 2.39. The minimum Gasteiger partial charge on any atom is -0.250 e. The maximum atomic E-state index is 14.0. The molecule has 8 heteroatoms. The summed E-state index contributed by atoms with van der Waals surface area (Å²) in [5, 5.41) is 12.5. The zero-order valence-corrected chi connectivity index (χ0v) is 11.6. The summed E-state index contributed by atoms with van der Waals surface area (Å²) in [6.07, 6.45) is -1.23. The third-order valence-corrected chi connectivity index (χ3v) is 4.25. The van der Waals surface area contributed by atoms with E-state index in [1.165, 1.54) is 16.8 Å². The van der Waals surface area contributed by atoms with Crippen LogP contribution >= 0.6 is 0 Å². The number of aromatic nitrogens is 3. The normalized spacial score (nSPS) is 21.8. The Morgan fingerprint density at radius 3 is 3.05 bits per heavy atom. The van der Waals surface area contributed by atoms with E-state index in [0.717, 1.165) is 0 Å². The van der Waals surface area contributed by atoms with E-state index in [9.17, 15) is 13.0 Å². The van der Waals surface area contributed by atoms with Gasteiger partial charge in [-0.15, -0.1) is 5.10 Å². The highest BCUT2D eigenvalue weighted by atomic mass is 32.2. The topological polar surface area (TPSA) is 71.6 Å². The fourth-order valence-electron chi connectivity index (χ4n) is 2.37. The van der Waals surface area contributed by atoms with E-state index >= 15 is 0 Å². The molecule has 3 rings (SSSR count). The number of hydrogen-bond acceptors (Lipinski definition) is 4. The highest BCUT2D eigenvalue weighted by Gasteiger charge is 2.36. The third kappa shape index (κ3) is 2.45. The van der Waals surface area contributed by atoms with Crippen molar-refractivity contribution >= 4 is 10.8 Å². The summed E-state index contributed by atoms with van der Waals surface area (Å²) in [5.74, 6) is -0.583. The number of halogens is 2. The second-order valence-corrected chi connectivity index (χ2v) is 5.96. The molecule has 108 valence electrons. The average molecular weight is 308 g/mol. The van der Waals surface area contributed by atoms with E-state index in [0.29, 0.717) is 5.56 Å². The van der Waals surface area contributed by atoms with Gasteiger partial charge in [-0.3, -0.25) is 0 Å². The lowest BCUT2D eigenvalue weighted by Gasteiger charge is -2.11. The molecule has 0 fully saturated rings. The minimum atomic E-state index is -1.68. The Hall–Kier alpha value is -2.14. The molecule has 1 aliphatic rings.